The first-order valence-corrected chi connectivity index (χ1v) is 19.0. The molecule has 5 aliphatic rings. The molecule has 16 heteroatoms. The van der Waals surface area contributed by atoms with Crippen LogP contribution in [0, 0.1) is 22.2 Å². The monoisotopic (exact) mass is 799 g/mol. The Morgan fingerprint density at radius 3 is 2.11 bits per heavy atom. The number of fused-ring (bicyclic) bond motifs is 5. The summed E-state index contributed by atoms with van der Waals surface area (Å²) in [6.45, 7) is 14.3. The molecule has 0 unspecified atom stereocenters. The number of Topliss-reactive ketones (excluding diaryl/α,β-unsaturated/α-hetero) is 1. The third-order valence-corrected chi connectivity index (χ3v) is 13.2. The molecule has 312 valence electrons. The van der Waals surface area contributed by atoms with E-state index in [1.807, 2.05) is 0 Å². The molecule has 2 bridgehead atoms. The zero-order chi connectivity index (χ0) is 42.6. The van der Waals surface area contributed by atoms with E-state index in [0.717, 1.165) is 6.92 Å². The van der Waals surface area contributed by atoms with Crippen molar-refractivity contribution < 1.29 is 72.9 Å². The van der Waals surface area contributed by atoms with E-state index in [2.05, 4.69) is 0 Å². The van der Waals surface area contributed by atoms with Gasteiger partial charge in [-0.15, -0.1) is 0 Å². The van der Waals surface area contributed by atoms with Crippen LogP contribution in [0.15, 0.2) is 41.5 Å². The highest BCUT2D eigenvalue weighted by Gasteiger charge is 2.78. The molecule has 57 heavy (non-hydrogen) atoms. The predicted octanol–water partition coefficient (Wildman–Crippen LogP) is 2.17. The molecule has 2 heterocycles. The molecule has 2 aliphatic heterocycles. The molecule has 16 nitrogen and oxygen atoms in total. The van der Waals surface area contributed by atoms with Crippen LogP contribution in [0.4, 0.5) is 4.79 Å². The van der Waals surface area contributed by atoms with Crippen molar-refractivity contribution in [1.82, 2.24) is 4.90 Å². The van der Waals surface area contributed by atoms with Crippen LogP contribution >= 0.6 is 0 Å². The molecule has 2 saturated carbocycles. The second kappa shape index (κ2) is 13.7. The van der Waals surface area contributed by atoms with E-state index in [0.29, 0.717) is 4.90 Å². The van der Waals surface area contributed by atoms with Gasteiger partial charge in [0.1, 0.15) is 30.0 Å². The summed E-state index contributed by atoms with van der Waals surface area (Å²) >= 11 is 0. The van der Waals surface area contributed by atoms with Crippen LogP contribution in [0.1, 0.15) is 92.4 Å². The summed E-state index contributed by atoms with van der Waals surface area (Å²) in [6, 6.07) is 6.29. The Balaban J connectivity index is 1.51. The normalized spacial score (nSPS) is 36.7. The molecule has 1 aromatic rings. The van der Waals surface area contributed by atoms with Crippen molar-refractivity contribution in [3.63, 3.8) is 0 Å². The topological polar surface area (TPSA) is 233 Å². The number of carbonyl (C=O) groups is 6. The minimum absolute atomic E-state index is 0.0635. The highest BCUT2D eigenvalue weighted by molar-refractivity contribution is 6.03. The highest BCUT2D eigenvalue weighted by Crippen LogP contribution is 2.64. The second-order valence-electron chi connectivity index (χ2n) is 18.4. The quantitative estimate of drug-likeness (QED) is 0.176. The van der Waals surface area contributed by atoms with Gasteiger partial charge in [0.15, 0.2) is 23.1 Å². The lowest BCUT2D eigenvalue weighted by atomic mass is 9.44. The number of ether oxygens (including phenoxy) is 5. The number of benzene rings is 1. The van der Waals surface area contributed by atoms with Crippen LogP contribution in [0.2, 0.25) is 0 Å². The first kappa shape index (κ1) is 42.4. The molecule has 0 aromatic heterocycles. The highest BCUT2D eigenvalue weighted by atomic mass is 16.6. The Kier molecular flexibility index (Phi) is 10.2. The Labute approximate surface area is 330 Å². The van der Waals surface area contributed by atoms with Crippen molar-refractivity contribution in [3.8, 4) is 0 Å². The van der Waals surface area contributed by atoms with E-state index in [-0.39, 0.29) is 29.7 Å². The number of hydrogen-bond donors (Lipinski definition) is 4. The van der Waals surface area contributed by atoms with Gasteiger partial charge in [0.25, 0.3) is 5.91 Å². The van der Waals surface area contributed by atoms with Crippen LogP contribution in [0.3, 0.4) is 0 Å². The van der Waals surface area contributed by atoms with Crippen LogP contribution in [0.5, 0.6) is 0 Å². The third kappa shape index (κ3) is 6.21. The number of aliphatic hydroxyl groups is 4. The molecule has 4 N–H and O–H groups in total. The molecular weight excluding hydrogens is 746 g/mol. The molecule has 2 saturated heterocycles. The lowest BCUT2D eigenvalue weighted by Crippen LogP contribution is -2.81. The minimum Gasteiger partial charge on any atom is -0.456 e. The number of ketones is 1. The number of carbonyl (C=O) groups excluding carboxylic acids is 6. The largest absolute Gasteiger partial charge is 0.456 e. The number of esters is 3. The SMILES string of the molecule is CC(=O)O[C@@]12CO[C@@H]1C[C@H](O)[C@@]1(C)C(=O)[C@H](O)C3=C(C)[C@@H](OC(=O)[C@@H](O)[C@H](N4C(=O)OC(C)(C)C4=O)C(C)(C)C)C[C@@](O)([C@@H](OC(=O)c4ccccc4)[C@H]21)C3(C)C. The van der Waals surface area contributed by atoms with Gasteiger partial charge in [-0.2, -0.15) is 0 Å². The first-order chi connectivity index (χ1) is 26.2. The lowest BCUT2D eigenvalue weighted by Gasteiger charge is -2.67. The number of cyclic esters (lactones) is 1. The summed E-state index contributed by atoms with van der Waals surface area (Å²) in [7, 11) is 0. The summed E-state index contributed by atoms with van der Waals surface area (Å²) < 4.78 is 29.3. The fourth-order valence-corrected chi connectivity index (χ4v) is 10.0. The molecule has 0 spiro atoms. The van der Waals surface area contributed by atoms with Crippen molar-refractivity contribution in [1.29, 1.82) is 0 Å². The van der Waals surface area contributed by atoms with Crippen LogP contribution in [-0.2, 0) is 42.9 Å². The summed E-state index contributed by atoms with van der Waals surface area (Å²) in [6.07, 6.45) is -11.9. The Hall–Kier alpha value is -4.22. The predicted molar refractivity (Wildman–Crippen MR) is 196 cm³/mol. The number of amides is 2. The average molecular weight is 800 g/mol. The van der Waals surface area contributed by atoms with E-state index in [4.69, 9.17) is 23.7 Å². The maximum Gasteiger partial charge on any atom is 0.418 e. The van der Waals surface area contributed by atoms with Gasteiger partial charge < -0.3 is 44.1 Å². The van der Waals surface area contributed by atoms with E-state index in [1.54, 1.807) is 39.0 Å². The van der Waals surface area contributed by atoms with Crippen molar-refractivity contribution in [3.05, 3.63) is 47.0 Å². The number of imide groups is 1. The second-order valence-corrected chi connectivity index (χ2v) is 18.4. The van der Waals surface area contributed by atoms with Gasteiger partial charge in [0.05, 0.1) is 35.6 Å². The zero-order valence-electron chi connectivity index (χ0n) is 33.9. The lowest BCUT2D eigenvalue weighted by molar-refractivity contribution is -0.346. The Bertz CT molecular complexity index is 1920. The average Bonchev–Trinajstić information content (AvgIpc) is 3.30. The van der Waals surface area contributed by atoms with E-state index in [1.165, 1.54) is 53.7 Å². The van der Waals surface area contributed by atoms with Gasteiger partial charge in [-0.3, -0.25) is 14.4 Å². The Morgan fingerprint density at radius 2 is 1.60 bits per heavy atom. The van der Waals surface area contributed by atoms with Gasteiger partial charge >= 0.3 is 24.0 Å². The van der Waals surface area contributed by atoms with Gasteiger partial charge in [-0.05, 0) is 56.4 Å². The van der Waals surface area contributed by atoms with Gasteiger partial charge in [-0.1, -0.05) is 52.8 Å². The molecule has 0 radical (unpaired) electrons. The fourth-order valence-electron chi connectivity index (χ4n) is 10.0. The van der Waals surface area contributed by atoms with Crippen molar-refractivity contribution in [2.75, 3.05) is 6.61 Å². The maximum absolute atomic E-state index is 14.9. The van der Waals surface area contributed by atoms with Crippen molar-refractivity contribution >= 4 is 35.7 Å². The van der Waals surface area contributed by atoms with Crippen molar-refractivity contribution in [2.45, 2.75) is 142 Å². The van der Waals surface area contributed by atoms with Gasteiger partial charge in [0.2, 0.25) is 0 Å². The molecular formula is C41H53NO15. The third-order valence-electron chi connectivity index (χ3n) is 13.2. The van der Waals surface area contributed by atoms with E-state index in [9.17, 15) is 49.2 Å². The first-order valence-electron chi connectivity index (χ1n) is 19.0. The van der Waals surface area contributed by atoms with Crippen LogP contribution in [-0.4, -0.2) is 127 Å². The number of rotatable bonds is 7. The number of aliphatic hydroxyl groups excluding tert-OH is 3. The molecule has 3 aliphatic carbocycles. The Morgan fingerprint density at radius 1 is 0.982 bits per heavy atom. The zero-order valence-corrected chi connectivity index (χ0v) is 33.9. The molecule has 1 aromatic carbocycles. The van der Waals surface area contributed by atoms with E-state index >= 15 is 0 Å². The summed E-state index contributed by atoms with van der Waals surface area (Å²) in [5.74, 6) is -6.31. The van der Waals surface area contributed by atoms with Gasteiger partial charge in [-0.25, -0.2) is 19.3 Å². The number of hydrogen-bond acceptors (Lipinski definition) is 15. The smallest absolute Gasteiger partial charge is 0.418 e. The number of nitrogens with zero attached hydrogens (tertiary/aromatic N) is 1. The van der Waals surface area contributed by atoms with E-state index < -0.39 is 124 Å². The van der Waals surface area contributed by atoms with Crippen LogP contribution < -0.4 is 0 Å². The minimum atomic E-state index is -2.39. The molecule has 4 fully saturated rings. The summed E-state index contributed by atoms with van der Waals surface area (Å²) in [5.41, 5.74) is -10.4. The maximum atomic E-state index is 14.9. The summed E-state index contributed by atoms with van der Waals surface area (Å²) in [4.78, 5) is 83.0. The van der Waals surface area contributed by atoms with Crippen molar-refractivity contribution in [2.24, 2.45) is 22.2 Å². The van der Waals surface area contributed by atoms with Crippen LogP contribution in [0.25, 0.3) is 0 Å². The van der Waals surface area contributed by atoms with Gasteiger partial charge in [0, 0.05) is 25.2 Å². The fraction of sp³-hybridized carbons (Fsp3) is 0.659. The molecule has 6 rings (SSSR count). The summed E-state index contributed by atoms with van der Waals surface area (Å²) in [5, 5.41) is 49.0. The standard InChI is InChI=1S/C41H53NO15/c1-19-22(54-33(49)27(46)29(36(3,4)5)42-34(50)38(8,9)57-35(42)51)17-41(52)31(55-32(48)21-14-12-11-13-15-21)28-39(10,30(47)26(45)25(19)37(41,6)7)23(44)16-24-40(28,18-53-24)56-20(2)43/h11-15,22-24,26-29,31,44-46,52H,16-18H2,1-10H3/t22-,23-,24+,26+,27-,28-,29-,31-,39+,40-,41+/m0/s1. The molecule has 2 amide bonds. The molecule has 11 atom stereocenters.